The molecule has 0 aliphatic heterocycles. The number of aromatic nitrogens is 1. The Balaban J connectivity index is 0.00000144. The average molecular weight is 257 g/mol. The first-order valence-electron chi connectivity index (χ1n) is 3.26. The van der Waals surface area contributed by atoms with Crippen molar-refractivity contribution in [3.8, 4) is 0 Å². The number of hydrogen-bond donors (Lipinski definition) is 1. The molecule has 2 nitrogen and oxygen atoms in total. The van der Waals surface area contributed by atoms with E-state index in [1.54, 1.807) is 0 Å². The molecule has 0 amide bonds. The highest BCUT2D eigenvalue weighted by atomic mass is 79.9. The molecular weight excluding hydrogens is 249 g/mol. The summed E-state index contributed by atoms with van der Waals surface area (Å²) in [5.41, 5.74) is -0.144. The third kappa shape index (κ3) is 4.12. The highest BCUT2D eigenvalue weighted by Crippen LogP contribution is 2.15. The first-order valence-corrected chi connectivity index (χ1v) is 3.26. The zero-order valence-electron chi connectivity index (χ0n) is 6.51. The van der Waals surface area contributed by atoms with Crippen LogP contribution < -0.4 is 5.49 Å². The first-order chi connectivity index (χ1) is 5.49. The standard InChI is InChI=1S/C7H7F3N2.BrH/c8-7(9,10)5-12-4-2-1-3-6(12)11;/h1-4,11H,5H2;1H. The van der Waals surface area contributed by atoms with Crippen molar-refractivity contribution >= 4 is 17.0 Å². The van der Waals surface area contributed by atoms with Crippen LogP contribution in [0.2, 0.25) is 0 Å². The van der Waals surface area contributed by atoms with E-state index in [0.717, 1.165) is 4.57 Å². The molecule has 0 bridgehead atoms. The van der Waals surface area contributed by atoms with Crippen molar-refractivity contribution in [2.75, 3.05) is 0 Å². The summed E-state index contributed by atoms with van der Waals surface area (Å²) in [6.45, 7) is -1.10. The van der Waals surface area contributed by atoms with Crippen molar-refractivity contribution < 1.29 is 13.2 Å². The van der Waals surface area contributed by atoms with Crippen LogP contribution in [-0.2, 0) is 6.54 Å². The number of rotatable bonds is 1. The van der Waals surface area contributed by atoms with E-state index in [0.29, 0.717) is 0 Å². The lowest BCUT2D eigenvalue weighted by Crippen LogP contribution is -2.26. The second kappa shape index (κ2) is 4.45. The molecule has 0 aromatic carbocycles. The maximum absolute atomic E-state index is 11.8. The molecule has 0 atom stereocenters. The highest BCUT2D eigenvalue weighted by molar-refractivity contribution is 8.93. The summed E-state index contributed by atoms with van der Waals surface area (Å²) in [5.74, 6) is 0. The topological polar surface area (TPSA) is 28.8 Å². The Bertz CT molecular complexity index is 318. The van der Waals surface area contributed by atoms with E-state index < -0.39 is 12.7 Å². The van der Waals surface area contributed by atoms with Gasteiger partial charge in [0.2, 0.25) is 0 Å². The Morgan fingerprint density at radius 2 is 1.92 bits per heavy atom. The molecule has 1 N–H and O–H groups in total. The lowest BCUT2D eigenvalue weighted by Gasteiger charge is -2.08. The van der Waals surface area contributed by atoms with E-state index in [-0.39, 0.29) is 22.5 Å². The zero-order valence-corrected chi connectivity index (χ0v) is 8.22. The predicted octanol–water partition coefficient (Wildman–Crippen LogP) is 2.11. The second-order valence-corrected chi connectivity index (χ2v) is 2.33. The molecule has 0 saturated heterocycles. The van der Waals surface area contributed by atoms with E-state index in [9.17, 15) is 13.2 Å². The lowest BCUT2D eigenvalue weighted by atomic mass is 10.4. The van der Waals surface area contributed by atoms with Gasteiger partial charge in [0.25, 0.3) is 0 Å². The molecule has 13 heavy (non-hydrogen) atoms. The minimum absolute atomic E-state index is 0. The van der Waals surface area contributed by atoms with Crippen LogP contribution in [0, 0.1) is 5.41 Å². The van der Waals surface area contributed by atoms with Crippen molar-refractivity contribution in [3.63, 3.8) is 0 Å². The normalized spacial score (nSPS) is 10.7. The summed E-state index contributed by atoms with van der Waals surface area (Å²) in [7, 11) is 0. The number of hydrogen-bond acceptors (Lipinski definition) is 1. The molecule has 0 saturated carbocycles. The summed E-state index contributed by atoms with van der Waals surface area (Å²) in [6, 6.07) is 4.30. The molecule has 0 radical (unpaired) electrons. The monoisotopic (exact) mass is 256 g/mol. The quantitative estimate of drug-likeness (QED) is 0.798. The van der Waals surface area contributed by atoms with E-state index in [1.165, 1.54) is 24.4 Å². The Hall–Kier alpha value is -0.780. The summed E-state index contributed by atoms with van der Waals surface area (Å²) in [6.07, 6.45) is -3.03. The molecule has 0 spiro atoms. The number of alkyl halides is 3. The van der Waals surface area contributed by atoms with Crippen LogP contribution in [0.4, 0.5) is 13.2 Å². The molecule has 0 fully saturated rings. The molecule has 74 valence electrons. The highest BCUT2D eigenvalue weighted by Gasteiger charge is 2.27. The summed E-state index contributed by atoms with van der Waals surface area (Å²) in [4.78, 5) is 0. The third-order valence-corrected chi connectivity index (χ3v) is 1.29. The molecule has 6 heteroatoms. The first kappa shape index (κ1) is 12.2. The van der Waals surface area contributed by atoms with Crippen LogP contribution in [0.5, 0.6) is 0 Å². The van der Waals surface area contributed by atoms with Gasteiger partial charge in [0, 0.05) is 6.20 Å². The van der Waals surface area contributed by atoms with E-state index in [4.69, 9.17) is 5.41 Å². The number of nitrogens with zero attached hydrogens (tertiary/aromatic N) is 1. The van der Waals surface area contributed by atoms with Crippen molar-refractivity contribution in [1.29, 1.82) is 5.41 Å². The molecule has 0 aliphatic rings. The van der Waals surface area contributed by atoms with E-state index in [1.807, 2.05) is 0 Å². The average Bonchev–Trinajstić information content (AvgIpc) is 1.91. The van der Waals surface area contributed by atoms with E-state index in [2.05, 4.69) is 0 Å². The van der Waals surface area contributed by atoms with Gasteiger partial charge in [0.05, 0.1) is 0 Å². The van der Waals surface area contributed by atoms with Gasteiger partial charge in [0.15, 0.2) is 0 Å². The number of nitrogens with one attached hydrogen (secondary N) is 1. The predicted molar refractivity (Wildman–Crippen MR) is 46.7 cm³/mol. The largest absolute Gasteiger partial charge is 0.406 e. The number of halogens is 4. The summed E-state index contributed by atoms with van der Waals surface area (Å²) in [5, 5.41) is 7.11. The molecule has 0 unspecified atom stereocenters. The summed E-state index contributed by atoms with van der Waals surface area (Å²) >= 11 is 0. The van der Waals surface area contributed by atoms with Crippen LogP contribution in [0.25, 0.3) is 0 Å². The molecule has 1 aromatic rings. The van der Waals surface area contributed by atoms with Gasteiger partial charge in [-0.05, 0) is 12.1 Å². The minimum atomic E-state index is -4.26. The molecule has 1 aromatic heterocycles. The van der Waals surface area contributed by atoms with Gasteiger partial charge in [-0.25, -0.2) is 0 Å². The maximum Gasteiger partial charge on any atom is 0.406 e. The zero-order chi connectivity index (χ0) is 9.19. The van der Waals surface area contributed by atoms with Gasteiger partial charge in [-0.15, -0.1) is 17.0 Å². The molecule has 0 aliphatic carbocycles. The van der Waals surface area contributed by atoms with Crippen molar-refractivity contribution in [2.24, 2.45) is 0 Å². The lowest BCUT2D eigenvalue weighted by molar-refractivity contribution is -0.141. The smallest absolute Gasteiger partial charge is 0.324 e. The number of pyridine rings is 1. The van der Waals surface area contributed by atoms with Gasteiger partial charge < -0.3 is 4.57 Å². The Labute approximate surface area is 83.3 Å². The Kier molecular flexibility index (Phi) is 4.19. The maximum atomic E-state index is 11.8. The fourth-order valence-electron chi connectivity index (χ4n) is 0.807. The third-order valence-electron chi connectivity index (χ3n) is 1.29. The van der Waals surface area contributed by atoms with Crippen LogP contribution in [0.15, 0.2) is 24.4 Å². The molecule has 1 heterocycles. The molecule has 1 rings (SSSR count). The summed E-state index contributed by atoms with van der Waals surface area (Å²) < 4.78 is 36.3. The van der Waals surface area contributed by atoms with Crippen molar-refractivity contribution in [2.45, 2.75) is 12.7 Å². The van der Waals surface area contributed by atoms with Gasteiger partial charge >= 0.3 is 6.18 Å². The van der Waals surface area contributed by atoms with Crippen LogP contribution in [0.3, 0.4) is 0 Å². The fourth-order valence-corrected chi connectivity index (χ4v) is 0.807. The fraction of sp³-hybridized carbons (Fsp3) is 0.286. The Morgan fingerprint density at radius 3 is 2.38 bits per heavy atom. The van der Waals surface area contributed by atoms with Gasteiger partial charge in [0.1, 0.15) is 12.0 Å². The second-order valence-electron chi connectivity index (χ2n) is 2.33. The van der Waals surface area contributed by atoms with Crippen molar-refractivity contribution in [1.82, 2.24) is 4.57 Å². The van der Waals surface area contributed by atoms with Crippen molar-refractivity contribution in [3.05, 3.63) is 29.9 Å². The SMILES string of the molecule is Br.N=c1ccccn1CC(F)(F)F. The van der Waals surface area contributed by atoms with Gasteiger partial charge in [-0.3, -0.25) is 5.41 Å². The van der Waals surface area contributed by atoms with Crippen LogP contribution >= 0.6 is 17.0 Å². The van der Waals surface area contributed by atoms with Crippen LogP contribution in [0.1, 0.15) is 0 Å². The van der Waals surface area contributed by atoms with Crippen LogP contribution in [-0.4, -0.2) is 10.7 Å². The van der Waals surface area contributed by atoms with Gasteiger partial charge in [-0.1, -0.05) is 6.07 Å². The molecular formula is C7H8BrF3N2. The minimum Gasteiger partial charge on any atom is -0.324 e. The Morgan fingerprint density at radius 1 is 1.31 bits per heavy atom. The van der Waals surface area contributed by atoms with Gasteiger partial charge in [-0.2, -0.15) is 13.2 Å². The van der Waals surface area contributed by atoms with E-state index >= 15 is 0 Å².